The summed E-state index contributed by atoms with van der Waals surface area (Å²) < 4.78 is 1.91. The number of likely N-dealkylation sites (tertiary alicyclic amines) is 1. The molecule has 1 unspecified atom stereocenters. The smallest absolute Gasteiger partial charge is 0.262 e. The number of nitrogens with zero attached hydrogens (tertiary/aromatic N) is 4. The van der Waals surface area contributed by atoms with E-state index in [1.165, 1.54) is 0 Å². The SMILES string of the molecule is CCC(c1nc2sccc2c(=O)n1Cc1ccccc1)N1CCC(c2nc3ccccc3[nH]2)CC1. The minimum atomic E-state index is 0.0608. The fourth-order valence-electron chi connectivity index (χ4n) is 5.39. The van der Waals surface area contributed by atoms with Crippen molar-refractivity contribution in [1.29, 1.82) is 0 Å². The molecule has 0 saturated carbocycles. The van der Waals surface area contributed by atoms with Crippen molar-refractivity contribution in [3.05, 3.63) is 93.6 Å². The van der Waals surface area contributed by atoms with E-state index in [0.717, 1.165) is 65.4 Å². The van der Waals surface area contributed by atoms with Gasteiger partial charge < -0.3 is 4.98 Å². The molecule has 5 aromatic rings. The molecule has 7 heteroatoms. The Labute approximate surface area is 208 Å². The van der Waals surface area contributed by atoms with Gasteiger partial charge in [-0.05, 0) is 61.5 Å². The zero-order chi connectivity index (χ0) is 23.8. The van der Waals surface area contributed by atoms with Crippen LogP contribution in [-0.4, -0.2) is 37.5 Å². The molecule has 1 aliphatic rings. The van der Waals surface area contributed by atoms with Crippen LogP contribution in [0.2, 0.25) is 0 Å². The fraction of sp³-hybridized carbons (Fsp3) is 0.321. The van der Waals surface area contributed by atoms with E-state index < -0.39 is 0 Å². The molecule has 1 fully saturated rings. The molecule has 6 rings (SSSR count). The number of para-hydroxylation sites is 2. The third-order valence-electron chi connectivity index (χ3n) is 7.25. The highest BCUT2D eigenvalue weighted by Gasteiger charge is 2.30. The summed E-state index contributed by atoms with van der Waals surface area (Å²) in [6.45, 7) is 4.67. The minimum Gasteiger partial charge on any atom is -0.342 e. The number of imidazole rings is 1. The predicted octanol–water partition coefficient (Wildman–Crippen LogP) is 5.71. The summed E-state index contributed by atoms with van der Waals surface area (Å²) in [6, 6.07) is 20.5. The molecule has 0 bridgehead atoms. The van der Waals surface area contributed by atoms with Crippen LogP contribution in [0, 0.1) is 0 Å². The van der Waals surface area contributed by atoms with Gasteiger partial charge in [-0.1, -0.05) is 49.4 Å². The van der Waals surface area contributed by atoms with Crippen molar-refractivity contribution in [2.45, 2.75) is 44.7 Å². The Kier molecular flexibility index (Phi) is 5.96. The highest BCUT2D eigenvalue weighted by molar-refractivity contribution is 7.16. The Balaban J connectivity index is 1.29. The topological polar surface area (TPSA) is 66.8 Å². The first-order valence-corrected chi connectivity index (χ1v) is 13.3. The Hall–Kier alpha value is -3.29. The average molecular weight is 484 g/mol. The van der Waals surface area contributed by atoms with Crippen molar-refractivity contribution in [3.63, 3.8) is 0 Å². The van der Waals surface area contributed by atoms with E-state index in [1.54, 1.807) is 11.3 Å². The van der Waals surface area contributed by atoms with Crippen molar-refractivity contribution in [1.82, 2.24) is 24.4 Å². The average Bonchev–Trinajstić information content (AvgIpc) is 3.55. The summed E-state index contributed by atoms with van der Waals surface area (Å²) in [5.74, 6) is 2.41. The van der Waals surface area contributed by atoms with Crippen LogP contribution in [0.1, 0.15) is 55.4 Å². The van der Waals surface area contributed by atoms with E-state index >= 15 is 0 Å². The molecule has 4 heterocycles. The van der Waals surface area contributed by atoms with Gasteiger partial charge in [0.1, 0.15) is 16.5 Å². The molecule has 0 spiro atoms. The Morgan fingerprint density at radius 2 is 1.80 bits per heavy atom. The van der Waals surface area contributed by atoms with Gasteiger partial charge in [0.25, 0.3) is 5.56 Å². The summed E-state index contributed by atoms with van der Waals surface area (Å²) >= 11 is 1.55. The molecule has 178 valence electrons. The van der Waals surface area contributed by atoms with Crippen molar-refractivity contribution in [2.24, 2.45) is 0 Å². The molecular weight excluding hydrogens is 454 g/mol. The number of hydrogen-bond donors (Lipinski definition) is 1. The van der Waals surface area contributed by atoms with E-state index in [2.05, 4.69) is 41.1 Å². The second-order valence-electron chi connectivity index (χ2n) is 9.36. The van der Waals surface area contributed by atoms with Gasteiger partial charge in [0.15, 0.2) is 0 Å². The van der Waals surface area contributed by atoms with Gasteiger partial charge in [-0.3, -0.25) is 14.3 Å². The summed E-state index contributed by atoms with van der Waals surface area (Å²) in [7, 11) is 0. The van der Waals surface area contributed by atoms with Crippen LogP contribution < -0.4 is 5.56 Å². The molecule has 1 N–H and O–H groups in total. The number of aromatic amines is 1. The lowest BCUT2D eigenvalue weighted by Crippen LogP contribution is -2.39. The monoisotopic (exact) mass is 483 g/mol. The number of rotatable bonds is 6. The predicted molar refractivity (Wildman–Crippen MR) is 142 cm³/mol. The number of aromatic nitrogens is 4. The number of hydrogen-bond acceptors (Lipinski definition) is 5. The second kappa shape index (κ2) is 9.40. The number of H-pyrrole nitrogens is 1. The molecule has 35 heavy (non-hydrogen) atoms. The molecule has 0 amide bonds. The highest BCUT2D eigenvalue weighted by Crippen LogP contribution is 2.33. The normalized spacial score (nSPS) is 16.3. The van der Waals surface area contributed by atoms with Gasteiger partial charge in [-0.15, -0.1) is 11.3 Å². The number of nitrogens with one attached hydrogen (secondary N) is 1. The van der Waals surface area contributed by atoms with E-state index in [4.69, 9.17) is 9.97 Å². The maximum atomic E-state index is 13.5. The van der Waals surface area contributed by atoms with Crippen molar-refractivity contribution < 1.29 is 0 Å². The largest absolute Gasteiger partial charge is 0.342 e. The van der Waals surface area contributed by atoms with Gasteiger partial charge >= 0.3 is 0 Å². The van der Waals surface area contributed by atoms with Crippen molar-refractivity contribution >= 4 is 32.6 Å². The van der Waals surface area contributed by atoms with Crippen LogP contribution in [-0.2, 0) is 6.54 Å². The van der Waals surface area contributed by atoms with Gasteiger partial charge in [-0.25, -0.2) is 9.97 Å². The van der Waals surface area contributed by atoms with E-state index in [0.29, 0.717) is 17.8 Å². The maximum absolute atomic E-state index is 13.5. The molecule has 2 aromatic carbocycles. The number of fused-ring (bicyclic) bond motifs is 2. The van der Waals surface area contributed by atoms with Crippen LogP contribution in [0.4, 0.5) is 0 Å². The molecule has 3 aromatic heterocycles. The lowest BCUT2D eigenvalue weighted by molar-refractivity contribution is 0.137. The Morgan fingerprint density at radius 3 is 2.57 bits per heavy atom. The second-order valence-corrected chi connectivity index (χ2v) is 10.3. The summed E-state index contributed by atoms with van der Waals surface area (Å²) in [5.41, 5.74) is 3.32. The van der Waals surface area contributed by atoms with Gasteiger partial charge in [-0.2, -0.15) is 0 Å². The van der Waals surface area contributed by atoms with Crippen LogP contribution in [0.3, 0.4) is 0 Å². The summed E-state index contributed by atoms with van der Waals surface area (Å²) in [6.07, 6.45) is 2.99. The van der Waals surface area contributed by atoms with Crippen molar-refractivity contribution in [2.75, 3.05) is 13.1 Å². The molecule has 1 atom stereocenters. The van der Waals surface area contributed by atoms with Gasteiger partial charge in [0, 0.05) is 5.92 Å². The first-order chi connectivity index (χ1) is 17.2. The molecular formula is C28H29N5OS. The number of benzene rings is 2. The van der Waals surface area contributed by atoms with E-state index in [-0.39, 0.29) is 11.6 Å². The first-order valence-electron chi connectivity index (χ1n) is 12.4. The van der Waals surface area contributed by atoms with E-state index in [1.807, 2.05) is 46.3 Å². The molecule has 1 saturated heterocycles. The van der Waals surface area contributed by atoms with Gasteiger partial charge in [0.2, 0.25) is 0 Å². The number of thiophene rings is 1. The zero-order valence-electron chi connectivity index (χ0n) is 19.9. The third kappa shape index (κ3) is 4.19. The van der Waals surface area contributed by atoms with Crippen LogP contribution in [0.25, 0.3) is 21.3 Å². The lowest BCUT2D eigenvalue weighted by atomic mass is 9.94. The van der Waals surface area contributed by atoms with Crippen LogP contribution in [0.15, 0.2) is 70.8 Å². The fourth-order valence-corrected chi connectivity index (χ4v) is 6.15. The maximum Gasteiger partial charge on any atom is 0.262 e. The molecule has 0 aliphatic carbocycles. The number of piperidine rings is 1. The van der Waals surface area contributed by atoms with Gasteiger partial charge in [0.05, 0.1) is 29.0 Å². The van der Waals surface area contributed by atoms with Crippen molar-refractivity contribution in [3.8, 4) is 0 Å². The summed E-state index contributed by atoms with van der Waals surface area (Å²) in [4.78, 5) is 30.3. The van der Waals surface area contributed by atoms with Crippen LogP contribution >= 0.6 is 11.3 Å². The zero-order valence-corrected chi connectivity index (χ0v) is 20.7. The van der Waals surface area contributed by atoms with Crippen LogP contribution in [0.5, 0.6) is 0 Å². The first kappa shape index (κ1) is 22.2. The standard InChI is InChI=1S/C28H29N5OS/c1-2-24(32-15-12-20(13-16-32)25-29-22-10-6-7-11-23(22)30-25)26-31-27-21(14-17-35-27)28(34)33(26)18-19-8-4-3-5-9-19/h3-11,14,17,20,24H,2,12-13,15-16,18H2,1H3,(H,29,30). The quantitative estimate of drug-likeness (QED) is 0.336. The summed E-state index contributed by atoms with van der Waals surface area (Å²) in [5, 5.41) is 2.68. The Morgan fingerprint density at radius 1 is 1.03 bits per heavy atom. The lowest BCUT2D eigenvalue weighted by Gasteiger charge is -2.37. The molecule has 0 radical (unpaired) electrons. The Bertz CT molecular complexity index is 1480. The minimum absolute atomic E-state index is 0.0608. The van der Waals surface area contributed by atoms with E-state index in [9.17, 15) is 4.79 Å². The highest BCUT2D eigenvalue weighted by atomic mass is 32.1. The molecule has 6 nitrogen and oxygen atoms in total. The molecule has 1 aliphatic heterocycles. The third-order valence-corrected chi connectivity index (χ3v) is 8.05.